The van der Waals surface area contributed by atoms with Crippen LogP contribution in [0.1, 0.15) is 30.1 Å². The third-order valence-electron chi connectivity index (χ3n) is 4.44. The quantitative estimate of drug-likeness (QED) is 0.717. The summed E-state index contributed by atoms with van der Waals surface area (Å²) in [6, 6.07) is 7.54. The van der Waals surface area contributed by atoms with Crippen LogP contribution in [-0.2, 0) is 10.0 Å². The van der Waals surface area contributed by atoms with E-state index < -0.39 is 16.0 Å². The van der Waals surface area contributed by atoms with E-state index >= 15 is 0 Å². The Balaban J connectivity index is 1.99. The van der Waals surface area contributed by atoms with Gasteiger partial charge in [0.2, 0.25) is 0 Å². The van der Waals surface area contributed by atoms with Gasteiger partial charge in [-0.1, -0.05) is 22.9 Å². The lowest BCUT2D eigenvalue weighted by Gasteiger charge is -2.33. The lowest BCUT2D eigenvalue weighted by atomic mass is 10.0. The van der Waals surface area contributed by atoms with Crippen LogP contribution in [0.3, 0.4) is 0 Å². The summed E-state index contributed by atoms with van der Waals surface area (Å²) in [5, 5.41) is 9.26. The minimum absolute atomic E-state index is 0.0719. The molecule has 0 bridgehead atoms. The number of aromatic carboxylic acids is 1. The molecule has 1 fully saturated rings. The number of sulfonamides is 1. The Kier molecular flexibility index (Phi) is 5.71. The summed E-state index contributed by atoms with van der Waals surface area (Å²) in [5.41, 5.74) is 0.101. The lowest BCUT2D eigenvalue weighted by Crippen LogP contribution is -2.35. The van der Waals surface area contributed by atoms with Gasteiger partial charge in [0.25, 0.3) is 10.0 Å². The smallest absolute Gasteiger partial charge is 0.337 e. The minimum atomic E-state index is -3.88. The first-order valence-corrected chi connectivity index (χ1v) is 10.8. The topological polar surface area (TPSA) is 99.6 Å². The van der Waals surface area contributed by atoms with Crippen LogP contribution < -0.4 is 9.62 Å². The molecule has 0 unspecified atom stereocenters. The SMILES string of the molecule is C[C@@H]1CCCN(c2ncc(C(=O)O)cc2NS(=O)(=O)c2ccc(Br)cc2)C1. The van der Waals surface area contributed by atoms with E-state index in [0.717, 1.165) is 30.4 Å². The molecule has 3 rings (SSSR count). The first-order chi connectivity index (χ1) is 12.8. The summed E-state index contributed by atoms with van der Waals surface area (Å²) in [7, 11) is -3.88. The number of aromatic nitrogens is 1. The summed E-state index contributed by atoms with van der Waals surface area (Å²) in [6.07, 6.45) is 3.33. The fraction of sp³-hybridized carbons (Fsp3) is 0.333. The van der Waals surface area contributed by atoms with Gasteiger partial charge in [-0.2, -0.15) is 0 Å². The molecule has 9 heteroatoms. The van der Waals surface area contributed by atoms with Crippen LogP contribution in [0, 0.1) is 5.92 Å². The fourth-order valence-electron chi connectivity index (χ4n) is 3.10. The lowest BCUT2D eigenvalue weighted by molar-refractivity contribution is 0.0696. The van der Waals surface area contributed by atoms with Crippen LogP contribution in [0.4, 0.5) is 11.5 Å². The summed E-state index contributed by atoms with van der Waals surface area (Å²) in [5.74, 6) is -0.256. The number of halogens is 1. The highest BCUT2D eigenvalue weighted by atomic mass is 79.9. The van der Waals surface area contributed by atoms with Crippen LogP contribution in [0.2, 0.25) is 0 Å². The van der Waals surface area contributed by atoms with Crippen molar-refractivity contribution in [2.75, 3.05) is 22.7 Å². The Morgan fingerprint density at radius 3 is 2.67 bits per heavy atom. The van der Waals surface area contributed by atoms with Crippen molar-refractivity contribution in [1.29, 1.82) is 0 Å². The Morgan fingerprint density at radius 2 is 2.04 bits per heavy atom. The number of carbonyl (C=O) groups is 1. The number of hydrogen-bond donors (Lipinski definition) is 2. The fourth-order valence-corrected chi connectivity index (χ4v) is 4.42. The number of nitrogens with zero attached hydrogens (tertiary/aromatic N) is 2. The largest absolute Gasteiger partial charge is 0.478 e. The van der Waals surface area contributed by atoms with Crippen molar-refractivity contribution in [3.05, 3.63) is 46.6 Å². The molecule has 2 heterocycles. The second-order valence-electron chi connectivity index (χ2n) is 6.65. The first kappa shape index (κ1) is 19.6. The Hall–Kier alpha value is -2.13. The van der Waals surface area contributed by atoms with Crippen LogP contribution in [0.5, 0.6) is 0 Å². The van der Waals surface area contributed by atoms with E-state index in [1.807, 2.05) is 4.90 Å². The number of anilines is 2. The Morgan fingerprint density at radius 1 is 1.33 bits per heavy atom. The van der Waals surface area contributed by atoms with Crippen molar-refractivity contribution in [3.8, 4) is 0 Å². The number of piperidine rings is 1. The molecule has 1 saturated heterocycles. The van der Waals surface area contributed by atoms with E-state index in [2.05, 4.69) is 32.6 Å². The predicted octanol–water partition coefficient (Wildman–Crippen LogP) is 3.58. The number of benzene rings is 1. The molecule has 1 aliphatic heterocycles. The molecule has 1 aliphatic rings. The van der Waals surface area contributed by atoms with Gasteiger partial charge in [-0.05, 0) is 49.1 Å². The number of rotatable bonds is 5. The third kappa shape index (κ3) is 4.59. The standard InChI is InChI=1S/C18H20BrN3O4S/c1-12-3-2-8-22(11-12)17-16(9-13(10-20-17)18(23)24)21-27(25,26)15-6-4-14(19)5-7-15/h4-7,9-10,12,21H,2-3,8,11H2,1H3,(H,23,24)/t12-/m1/s1. The maximum absolute atomic E-state index is 12.8. The Labute approximate surface area is 166 Å². The van der Waals surface area contributed by atoms with E-state index in [1.165, 1.54) is 24.4 Å². The summed E-state index contributed by atoms with van der Waals surface area (Å²) in [4.78, 5) is 17.7. The molecule has 27 heavy (non-hydrogen) atoms. The monoisotopic (exact) mass is 453 g/mol. The molecule has 1 aromatic heterocycles. The normalized spacial score (nSPS) is 17.6. The van der Waals surface area contributed by atoms with Crippen molar-refractivity contribution in [1.82, 2.24) is 4.98 Å². The maximum Gasteiger partial charge on any atom is 0.337 e. The van der Waals surface area contributed by atoms with Gasteiger partial charge in [-0.25, -0.2) is 18.2 Å². The van der Waals surface area contributed by atoms with Gasteiger partial charge < -0.3 is 10.0 Å². The second-order valence-corrected chi connectivity index (χ2v) is 9.25. The molecule has 2 N–H and O–H groups in total. The molecular formula is C18H20BrN3O4S. The highest BCUT2D eigenvalue weighted by Crippen LogP contribution is 2.30. The van der Waals surface area contributed by atoms with Gasteiger partial charge >= 0.3 is 5.97 Å². The number of carboxylic acid groups (broad SMARTS) is 1. The minimum Gasteiger partial charge on any atom is -0.478 e. The summed E-state index contributed by atoms with van der Waals surface area (Å²) in [6.45, 7) is 3.62. The molecule has 7 nitrogen and oxygen atoms in total. The number of carboxylic acids is 1. The van der Waals surface area contributed by atoms with Gasteiger partial charge in [0.1, 0.15) is 0 Å². The first-order valence-electron chi connectivity index (χ1n) is 8.53. The van der Waals surface area contributed by atoms with E-state index in [0.29, 0.717) is 11.7 Å². The molecule has 0 spiro atoms. The summed E-state index contributed by atoms with van der Waals surface area (Å²) >= 11 is 3.28. The van der Waals surface area contributed by atoms with Gasteiger partial charge in [0.05, 0.1) is 16.1 Å². The van der Waals surface area contributed by atoms with Crippen molar-refractivity contribution in [2.24, 2.45) is 5.92 Å². The van der Waals surface area contributed by atoms with E-state index in [4.69, 9.17) is 0 Å². The van der Waals surface area contributed by atoms with Gasteiger partial charge in [-0.15, -0.1) is 0 Å². The molecule has 0 saturated carbocycles. The third-order valence-corrected chi connectivity index (χ3v) is 6.35. The van der Waals surface area contributed by atoms with E-state index in [-0.39, 0.29) is 16.1 Å². The molecule has 0 radical (unpaired) electrons. The zero-order chi connectivity index (χ0) is 19.6. The molecule has 144 valence electrons. The average Bonchev–Trinajstić information content (AvgIpc) is 2.61. The van der Waals surface area contributed by atoms with Crippen LogP contribution in [0.25, 0.3) is 0 Å². The van der Waals surface area contributed by atoms with Gasteiger partial charge in [-0.3, -0.25) is 4.72 Å². The number of pyridine rings is 1. The van der Waals surface area contributed by atoms with Gasteiger partial charge in [0.15, 0.2) is 5.82 Å². The molecular weight excluding hydrogens is 434 g/mol. The van der Waals surface area contributed by atoms with Gasteiger partial charge in [0, 0.05) is 23.8 Å². The average molecular weight is 454 g/mol. The molecule has 1 atom stereocenters. The van der Waals surface area contributed by atoms with Crippen LogP contribution >= 0.6 is 15.9 Å². The number of hydrogen-bond acceptors (Lipinski definition) is 5. The Bertz CT molecular complexity index is 948. The number of nitrogens with one attached hydrogen (secondary N) is 1. The molecule has 0 aliphatic carbocycles. The highest BCUT2D eigenvalue weighted by Gasteiger charge is 2.24. The highest BCUT2D eigenvalue weighted by molar-refractivity contribution is 9.10. The van der Waals surface area contributed by atoms with Crippen molar-refractivity contribution < 1.29 is 18.3 Å². The van der Waals surface area contributed by atoms with Crippen molar-refractivity contribution in [2.45, 2.75) is 24.7 Å². The zero-order valence-corrected chi connectivity index (χ0v) is 17.1. The van der Waals surface area contributed by atoms with E-state index in [9.17, 15) is 18.3 Å². The molecule has 0 amide bonds. The zero-order valence-electron chi connectivity index (χ0n) is 14.7. The van der Waals surface area contributed by atoms with Crippen molar-refractivity contribution >= 4 is 43.4 Å². The predicted molar refractivity (Wildman–Crippen MR) is 107 cm³/mol. The second kappa shape index (κ2) is 7.85. The maximum atomic E-state index is 12.8. The summed E-state index contributed by atoms with van der Waals surface area (Å²) < 4.78 is 28.8. The van der Waals surface area contributed by atoms with Crippen molar-refractivity contribution in [3.63, 3.8) is 0 Å². The van der Waals surface area contributed by atoms with Crippen LogP contribution in [0.15, 0.2) is 45.9 Å². The van der Waals surface area contributed by atoms with Crippen LogP contribution in [-0.4, -0.2) is 37.6 Å². The molecule has 1 aromatic carbocycles. The molecule has 2 aromatic rings. The van der Waals surface area contributed by atoms with E-state index in [1.54, 1.807) is 12.1 Å².